The standard InChI is InChI=1S/C9H17B2O2P/c10-3-5-1-8-6(2-9(12)13-8)7(5)4-14-11/h5-8,14H,1-4,10-11H2/t5-,6-,7+,8+/m1/s1. The fraction of sp³-hybridized carbons (Fsp3) is 0.889. The maximum absolute atomic E-state index is 11.2. The van der Waals surface area contributed by atoms with Crippen LogP contribution in [0.25, 0.3) is 0 Å². The summed E-state index contributed by atoms with van der Waals surface area (Å²) in [6, 6.07) is 0. The number of ether oxygens (including phenoxy) is 1. The molecule has 2 aliphatic rings. The van der Waals surface area contributed by atoms with Gasteiger partial charge >= 0.3 is 5.97 Å². The van der Waals surface area contributed by atoms with Crippen molar-refractivity contribution in [3.63, 3.8) is 0 Å². The average molecular weight is 210 g/mol. The van der Waals surface area contributed by atoms with E-state index in [0.717, 1.165) is 26.7 Å². The molecular formula is C9H17B2O2P. The fourth-order valence-corrected chi connectivity index (χ4v) is 4.23. The third-order valence-electron chi connectivity index (χ3n) is 3.82. The van der Waals surface area contributed by atoms with Crippen LogP contribution in [0.4, 0.5) is 0 Å². The lowest BCUT2D eigenvalue weighted by Crippen LogP contribution is -2.18. The Morgan fingerprint density at radius 1 is 1.57 bits per heavy atom. The Kier molecular flexibility index (Phi) is 3.21. The molecule has 0 N–H and O–H groups in total. The Morgan fingerprint density at radius 3 is 3.00 bits per heavy atom. The van der Waals surface area contributed by atoms with Gasteiger partial charge in [0.25, 0.3) is 0 Å². The first kappa shape index (κ1) is 10.5. The minimum atomic E-state index is 0.0407. The smallest absolute Gasteiger partial charge is 0.306 e. The third kappa shape index (κ3) is 1.74. The van der Waals surface area contributed by atoms with E-state index in [2.05, 4.69) is 15.4 Å². The minimum Gasteiger partial charge on any atom is -0.462 e. The van der Waals surface area contributed by atoms with Crippen LogP contribution in [0.1, 0.15) is 12.8 Å². The van der Waals surface area contributed by atoms with E-state index in [0.29, 0.717) is 12.3 Å². The van der Waals surface area contributed by atoms with Crippen LogP contribution in [0, 0.1) is 17.8 Å². The van der Waals surface area contributed by atoms with Crippen LogP contribution in [-0.2, 0) is 9.53 Å². The van der Waals surface area contributed by atoms with Gasteiger partial charge in [-0.2, -0.15) is 8.46 Å². The predicted octanol–water partition coefficient (Wildman–Crippen LogP) is -0.168. The number of rotatable bonds is 3. The van der Waals surface area contributed by atoms with E-state index in [1.54, 1.807) is 0 Å². The van der Waals surface area contributed by atoms with Crippen molar-refractivity contribution in [3.05, 3.63) is 0 Å². The van der Waals surface area contributed by atoms with Gasteiger partial charge in [0.15, 0.2) is 0 Å². The highest BCUT2D eigenvalue weighted by Gasteiger charge is 2.48. The monoisotopic (exact) mass is 210 g/mol. The molecule has 1 saturated carbocycles. The molecule has 0 radical (unpaired) electrons. The summed E-state index contributed by atoms with van der Waals surface area (Å²) in [6.45, 7) is 0. The number of hydrogen-bond donors (Lipinski definition) is 0. The molecule has 2 rings (SSSR count). The molecule has 1 saturated heterocycles. The maximum Gasteiger partial charge on any atom is 0.306 e. The van der Waals surface area contributed by atoms with E-state index in [9.17, 15) is 4.79 Å². The highest BCUT2D eigenvalue weighted by molar-refractivity contribution is 7.66. The molecule has 5 atom stereocenters. The fourth-order valence-electron chi connectivity index (χ4n) is 3.12. The zero-order valence-corrected chi connectivity index (χ0v) is 9.95. The molecule has 0 aromatic carbocycles. The maximum atomic E-state index is 11.2. The van der Waals surface area contributed by atoms with Gasteiger partial charge in [0.2, 0.25) is 0 Å². The van der Waals surface area contributed by atoms with Crippen molar-refractivity contribution >= 4 is 29.8 Å². The Morgan fingerprint density at radius 2 is 2.36 bits per heavy atom. The van der Waals surface area contributed by atoms with E-state index < -0.39 is 0 Å². The van der Waals surface area contributed by atoms with E-state index in [1.165, 1.54) is 12.5 Å². The number of esters is 1. The largest absolute Gasteiger partial charge is 0.462 e. The second-order valence-corrected chi connectivity index (χ2v) is 5.64. The van der Waals surface area contributed by atoms with Crippen LogP contribution < -0.4 is 0 Å². The van der Waals surface area contributed by atoms with E-state index >= 15 is 0 Å². The van der Waals surface area contributed by atoms with Crippen molar-refractivity contribution in [1.82, 2.24) is 0 Å². The number of fused-ring (bicyclic) bond motifs is 1. The molecule has 0 bridgehead atoms. The third-order valence-corrected chi connectivity index (χ3v) is 4.70. The number of hydrogen-bond acceptors (Lipinski definition) is 2. The van der Waals surface area contributed by atoms with Crippen molar-refractivity contribution in [3.8, 4) is 0 Å². The molecule has 0 spiro atoms. The molecule has 14 heavy (non-hydrogen) atoms. The van der Waals surface area contributed by atoms with E-state index in [4.69, 9.17) is 4.74 Å². The summed E-state index contributed by atoms with van der Waals surface area (Å²) in [7, 11) is 5.54. The normalized spacial score (nSPS) is 41.9. The molecule has 0 aromatic rings. The molecule has 1 heterocycles. The first-order valence-corrected chi connectivity index (χ1v) is 7.31. The quantitative estimate of drug-likeness (QED) is 0.367. The van der Waals surface area contributed by atoms with Gasteiger partial charge in [-0.05, 0) is 24.4 Å². The van der Waals surface area contributed by atoms with Crippen LogP contribution in [0.3, 0.4) is 0 Å². The topological polar surface area (TPSA) is 26.3 Å². The Hall–Kier alpha value is 0.0299. The van der Waals surface area contributed by atoms with Gasteiger partial charge in [0.05, 0.1) is 6.42 Å². The molecule has 0 aromatic heterocycles. The minimum absolute atomic E-state index is 0.0407. The highest BCUT2D eigenvalue weighted by Crippen LogP contribution is 2.47. The second kappa shape index (κ2) is 4.26. The van der Waals surface area contributed by atoms with Crippen LogP contribution >= 0.6 is 8.46 Å². The summed E-state index contributed by atoms with van der Waals surface area (Å²) in [5.41, 5.74) is 0. The summed E-state index contributed by atoms with van der Waals surface area (Å²) < 4.78 is 5.36. The first-order valence-electron chi connectivity index (χ1n) is 5.60. The van der Waals surface area contributed by atoms with E-state index in [-0.39, 0.29) is 12.1 Å². The van der Waals surface area contributed by atoms with Gasteiger partial charge in [-0.15, -0.1) is 0 Å². The SMILES string of the molecule is BC[C@H]1C[C@@H]2OC(=O)C[C@@H]2[C@H]1CPB. The zero-order valence-electron chi connectivity index (χ0n) is 8.95. The van der Waals surface area contributed by atoms with Crippen LogP contribution in [0.15, 0.2) is 0 Å². The van der Waals surface area contributed by atoms with Gasteiger partial charge in [-0.3, -0.25) is 4.79 Å². The second-order valence-electron chi connectivity index (χ2n) is 4.52. The Labute approximate surface area is 89.1 Å². The number of carbonyl (C=O) groups is 1. The molecule has 1 aliphatic heterocycles. The molecule has 0 amide bonds. The van der Waals surface area contributed by atoms with Crippen molar-refractivity contribution in [2.24, 2.45) is 17.8 Å². The number of carbonyl (C=O) groups excluding carboxylic acids is 1. The molecule has 1 unspecified atom stereocenters. The zero-order chi connectivity index (χ0) is 10.1. The van der Waals surface area contributed by atoms with Crippen LogP contribution in [0.2, 0.25) is 6.32 Å². The van der Waals surface area contributed by atoms with Crippen LogP contribution in [-0.4, -0.2) is 33.6 Å². The molecule has 76 valence electrons. The summed E-state index contributed by atoms with van der Waals surface area (Å²) in [6.07, 6.45) is 4.64. The Balaban J connectivity index is 2.06. The van der Waals surface area contributed by atoms with Gasteiger partial charge in [-0.25, -0.2) is 0 Å². The van der Waals surface area contributed by atoms with Gasteiger partial charge in [-0.1, -0.05) is 6.32 Å². The molecule has 5 heteroatoms. The van der Waals surface area contributed by atoms with Crippen molar-refractivity contribution in [1.29, 1.82) is 0 Å². The van der Waals surface area contributed by atoms with E-state index in [1.807, 2.05) is 0 Å². The first-order chi connectivity index (χ1) is 6.76. The molecule has 2 nitrogen and oxygen atoms in total. The average Bonchev–Trinajstić information content (AvgIpc) is 2.64. The molecule has 2 fully saturated rings. The van der Waals surface area contributed by atoms with Gasteiger partial charge in [0, 0.05) is 5.92 Å². The summed E-state index contributed by atoms with van der Waals surface area (Å²) in [4.78, 5) is 11.2. The summed E-state index contributed by atoms with van der Waals surface area (Å²) >= 11 is 0. The predicted molar refractivity (Wildman–Crippen MR) is 64.7 cm³/mol. The van der Waals surface area contributed by atoms with Gasteiger partial charge < -0.3 is 4.74 Å². The summed E-state index contributed by atoms with van der Waals surface area (Å²) in [5, 5.41) is 0. The van der Waals surface area contributed by atoms with Crippen molar-refractivity contribution in [2.45, 2.75) is 25.3 Å². The van der Waals surface area contributed by atoms with Crippen molar-refractivity contribution in [2.75, 3.05) is 6.16 Å². The molecule has 1 aliphatic carbocycles. The molecular weight excluding hydrogens is 193 g/mol. The van der Waals surface area contributed by atoms with Crippen molar-refractivity contribution < 1.29 is 9.53 Å². The van der Waals surface area contributed by atoms with Gasteiger partial charge in [0.1, 0.15) is 21.5 Å². The van der Waals surface area contributed by atoms with Crippen LogP contribution in [0.5, 0.6) is 0 Å². The lowest BCUT2D eigenvalue weighted by atomic mass is 9.81. The highest BCUT2D eigenvalue weighted by atomic mass is 31.1. The summed E-state index contributed by atoms with van der Waals surface area (Å²) in [5.74, 6) is 2.17. The lowest BCUT2D eigenvalue weighted by molar-refractivity contribution is -0.141. The lowest BCUT2D eigenvalue weighted by Gasteiger charge is -2.20. The Bertz CT molecular complexity index is 237.